The molecule has 3 rings (SSSR count). The molecule has 3 aromatic rings. The SMILES string of the molecule is C=CC(=O)Nc1ccc(F)c(Nc2nc(Nc3ccc(=O)[nH]c3)ncc2Cl)c1. The molecule has 1 amide bonds. The highest BCUT2D eigenvalue weighted by atomic mass is 35.5. The summed E-state index contributed by atoms with van der Waals surface area (Å²) in [6, 6.07) is 6.89. The van der Waals surface area contributed by atoms with Gasteiger partial charge in [-0.05, 0) is 30.3 Å². The number of rotatable bonds is 6. The molecule has 0 aliphatic carbocycles. The van der Waals surface area contributed by atoms with Crippen LogP contribution in [0.15, 0.2) is 60.2 Å². The van der Waals surface area contributed by atoms with Crippen molar-refractivity contribution < 1.29 is 9.18 Å². The summed E-state index contributed by atoms with van der Waals surface area (Å²) in [5.41, 5.74) is 0.722. The van der Waals surface area contributed by atoms with Crippen molar-refractivity contribution in [3.8, 4) is 0 Å². The Morgan fingerprint density at radius 3 is 2.71 bits per heavy atom. The third kappa shape index (κ3) is 4.71. The highest BCUT2D eigenvalue weighted by Gasteiger charge is 2.11. The molecule has 0 saturated heterocycles. The summed E-state index contributed by atoms with van der Waals surface area (Å²) in [4.78, 5) is 33.3. The fraction of sp³-hybridized carbons (Fsp3) is 0. The fourth-order valence-corrected chi connectivity index (χ4v) is 2.29. The summed E-state index contributed by atoms with van der Waals surface area (Å²) in [7, 11) is 0. The largest absolute Gasteiger partial charge is 0.336 e. The van der Waals surface area contributed by atoms with E-state index in [-0.39, 0.29) is 28.0 Å². The average molecular weight is 401 g/mol. The predicted molar refractivity (Wildman–Crippen MR) is 106 cm³/mol. The predicted octanol–water partition coefficient (Wildman–Crippen LogP) is 3.57. The van der Waals surface area contributed by atoms with Gasteiger partial charge in [0.25, 0.3) is 0 Å². The number of carbonyl (C=O) groups excluding carboxylic acids is 1. The normalized spacial score (nSPS) is 10.2. The topological polar surface area (TPSA) is 112 Å². The Morgan fingerprint density at radius 2 is 2.00 bits per heavy atom. The molecule has 0 spiro atoms. The van der Waals surface area contributed by atoms with Crippen LogP contribution in [0, 0.1) is 5.82 Å². The molecule has 2 aromatic heterocycles. The average Bonchev–Trinajstić information content (AvgIpc) is 2.68. The van der Waals surface area contributed by atoms with Gasteiger partial charge in [-0.25, -0.2) is 9.37 Å². The second-order valence-electron chi connectivity index (χ2n) is 5.47. The van der Waals surface area contributed by atoms with E-state index in [2.05, 4.69) is 37.5 Å². The van der Waals surface area contributed by atoms with Crippen molar-refractivity contribution in [2.75, 3.05) is 16.0 Å². The van der Waals surface area contributed by atoms with Gasteiger partial charge in [-0.3, -0.25) is 9.59 Å². The zero-order valence-corrected chi connectivity index (χ0v) is 15.0. The molecule has 2 heterocycles. The summed E-state index contributed by atoms with van der Waals surface area (Å²) >= 11 is 6.10. The van der Waals surface area contributed by atoms with Gasteiger partial charge in [0.2, 0.25) is 17.4 Å². The Hall–Kier alpha value is -3.72. The Morgan fingerprint density at radius 1 is 1.21 bits per heavy atom. The van der Waals surface area contributed by atoms with Gasteiger partial charge in [-0.1, -0.05) is 18.2 Å². The highest BCUT2D eigenvalue weighted by molar-refractivity contribution is 6.32. The number of hydrogen-bond acceptors (Lipinski definition) is 6. The number of nitrogens with zero attached hydrogens (tertiary/aromatic N) is 2. The maximum absolute atomic E-state index is 14.2. The maximum Gasteiger partial charge on any atom is 0.248 e. The minimum atomic E-state index is -0.568. The summed E-state index contributed by atoms with van der Waals surface area (Å²) in [6.07, 6.45) is 3.90. The summed E-state index contributed by atoms with van der Waals surface area (Å²) < 4.78 is 14.2. The van der Waals surface area contributed by atoms with Crippen molar-refractivity contribution >= 4 is 46.3 Å². The van der Waals surface area contributed by atoms with Crippen LogP contribution in [0.1, 0.15) is 0 Å². The van der Waals surface area contributed by atoms with Crippen molar-refractivity contribution in [2.24, 2.45) is 0 Å². The van der Waals surface area contributed by atoms with Crippen molar-refractivity contribution in [3.63, 3.8) is 0 Å². The van der Waals surface area contributed by atoms with Gasteiger partial charge >= 0.3 is 0 Å². The lowest BCUT2D eigenvalue weighted by Gasteiger charge is -2.12. The van der Waals surface area contributed by atoms with Crippen molar-refractivity contribution in [3.05, 3.63) is 76.6 Å². The van der Waals surface area contributed by atoms with Gasteiger partial charge < -0.3 is 20.9 Å². The van der Waals surface area contributed by atoms with Gasteiger partial charge in [-0.15, -0.1) is 0 Å². The molecule has 10 heteroatoms. The van der Waals surface area contributed by atoms with Crippen LogP contribution in [0.2, 0.25) is 5.02 Å². The zero-order chi connectivity index (χ0) is 20.1. The number of pyridine rings is 1. The van der Waals surface area contributed by atoms with Crippen LogP contribution in [0.4, 0.5) is 33.2 Å². The zero-order valence-electron chi connectivity index (χ0n) is 14.3. The first kappa shape index (κ1) is 19.1. The number of aromatic nitrogens is 3. The first-order chi connectivity index (χ1) is 13.4. The standard InChI is InChI=1S/C18H14ClFN6O2/c1-2-15(27)23-10-3-5-13(20)14(7-10)25-17-12(19)9-22-18(26-17)24-11-4-6-16(28)21-8-11/h2-9H,1H2,(H,21,28)(H,23,27)(H2,22,24,25,26). The molecule has 0 radical (unpaired) electrons. The van der Waals surface area contributed by atoms with E-state index in [0.717, 1.165) is 6.08 Å². The quantitative estimate of drug-likeness (QED) is 0.471. The molecular weight excluding hydrogens is 387 g/mol. The molecule has 1 aromatic carbocycles. The summed E-state index contributed by atoms with van der Waals surface area (Å²) in [5, 5.41) is 8.36. The lowest BCUT2D eigenvalue weighted by Crippen LogP contribution is -2.08. The monoisotopic (exact) mass is 400 g/mol. The van der Waals surface area contributed by atoms with Crippen LogP contribution in [-0.2, 0) is 4.79 Å². The molecule has 0 fully saturated rings. The lowest BCUT2D eigenvalue weighted by atomic mass is 10.2. The minimum Gasteiger partial charge on any atom is -0.336 e. The number of halogens is 2. The third-order valence-corrected chi connectivity index (χ3v) is 3.73. The number of hydrogen-bond donors (Lipinski definition) is 4. The van der Waals surface area contributed by atoms with E-state index >= 15 is 0 Å². The van der Waals surface area contributed by atoms with Crippen LogP contribution in [-0.4, -0.2) is 20.9 Å². The smallest absolute Gasteiger partial charge is 0.248 e. The number of nitrogens with one attached hydrogen (secondary N) is 4. The van der Waals surface area contributed by atoms with Crippen molar-refractivity contribution in [1.82, 2.24) is 15.0 Å². The molecule has 142 valence electrons. The first-order valence-corrected chi connectivity index (χ1v) is 8.30. The number of H-pyrrole nitrogens is 1. The van der Waals surface area contributed by atoms with E-state index in [1.165, 1.54) is 36.7 Å². The number of amides is 1. The molecule has 4 N–H and O–H groups in total. The lowest BCUT2D eigenvalue weighted by molar-refractivity contribution is -0.111. The van der Waals surface area contributed by atoms with Crippen LogP contribution in [0.3, 0.4) is 0 Å². The Balaban J connectivity index is 1.84. The van der Waals surface area contributed by atoms with E-state index < -0.39 is 11.7 Å². The fourth-order valence-electron chi connectivity index (χ4n) is 2.15. The van der Waals surface area contributed by atoms with Crippen LogP contribution in [0.5, 0.6) is 0 Å². The molecule has 0 unspecified atom stereocenters. The molecule has 8 nitrogen and oxygen atoms in total. The molecule has 0 saturated carbocycles. The van der Waals surface area contributed by atoms with E-state index in [1.807, 2.05) is 0 Å². The van der Waals surface area contributed by atoms with E-state index in [9.17, 15) is 14.0 Å². The number of anilines is 5. The summed E-state index contributed by atoms with van der Waals surface area (Å²) in [6.45, 7) is 3.36. The van der Waals surface area contributed by atoms with E-state index in [1.54, 1.807) is 6.07 Å². The second-order valence-corrected chi connectivity index (χ2v) is 5.88. The summed E-state index contributed by atoms with van der Waals surface area (Å²) in [5.74, 6) is -0.670. The Bertz CT molecular complexity index is 1080. The molecule has 28 heavy (non-hydrogen) atoms. The Kier molecular flexibility index (Phi) is 5.66. The van der Waals surface area contributed by atoms with Gasteiger partial charge in [0.15, 0.2) is 5.82 Å². The minimum absolute atomic E-state index is 0.0532. The number of benzene rings is 1. The molecular formula is C18H14ClFN6O2. The van der Waals surface area contributed by atoms with E-state index in [0.29, 0.717) is 11.4 Å². The number of aromatic amines is 1. The maximum atomic E-state index is 14.2. The molecule has 0 bridgehead atoms. The number of carbonyl (C=O) groups is 1. The second kappa shape index (κ2) is 8.31. The van der Waals surface area contributed by atoms with Gasteiger partial charge in [0.05, 0.1) is 17.6 Å². The first-order valence-electron chi connectivity index (χ1n) is 7.93. The highest BCUT2D eigenvalue weighted by Crippen LogP contribution is 2.28. The van der Waals surface area contributed by atoms with Gasteiger partial charge in [0, 0.05) is 18.0 Å². The van der Waals surface area contributed by atoms with Crippen LogP contribution >= 0.6 is 11.6 Å². The molecule has 0 atom stereocenters. The van der Waals surface area contributed by atoms with Crippen LogP contribution in [0.25, 0.3) is 0 Å². The third-order valence-electron chi connectivity index (χ3n) is 3.46. The molecule has 0 aliphatic heterocycles. The van der Waals surface area contributed by atoms with Gasteiger partial charge in [-0.2, -0.15) is 4.98 Å². The van der Waals surface area contributed by atoms with Crippen LogP contribution < -0.4 is 21.5 Å². The Labute approximate surface area is 163 Å². The van der Waals surface area contributed by atoms with Gasteiger partial charge in [0.1, 0.15) is 10.8 Å². The van der Waals surface area contributed by atoms with Crippen molar-refractivity contribution in [2.45, 2.75) is 0 Å². The van der Waals surface area contributed by atoms with E-state index in [4.69, 9.17) is 11.6 Å². The van der Waals surface area contributed by atoms with Crippen molar-refractivity contribution in [1.29, 1.82) is 0 Å². The molecule has 0 aliphatic rings.